The first-order chi connectivity index (χ1) is 8.86. The first kappa shape index (κ1) is 10.8. The second kappa shape index (κ2) is 3.94. The maximum Gasteiger partial charge on any atom is 0.0340 e. The predicted molar refractivity (Wildman–Crippen MR) is 75.7 cm³/mol. The molecule has 92 valence electrons. The molecular formula is C16H17NS. The lowest BCUT2D eigenvalue weighted by molar-refractivity contribution is 0.556. The van der Waals surface area contributed by atoms with Crippen LogP contribution in [0.25, 0.3) is 0 Å². The van der Waals surface area contributed by atoms with Gasteiger partial charge in [-0.3, -0.25) is 0 Å². The van der Waals surface area contributed by atoms with Gasteiger partial charge in [0.05, 0.1) is 0 Å². The van der Waals surface area contributed by atoms with Crippen molar-refractivity contribution in [1.82, 2.24) is 0 Å². The van der Waals surface area contributed by atoms with E-state index >= 15 is 0 Å². The highest BCUT2D eigenvalue weighted by Gasteiger charge is 2.55. The molecule has 4 atom stereocenters. The minimum Gasteiger partial charge on any atom is -0.324 e. The Hall–Kier alpha value is -1.12. The molecule has 0 radical (unpaired) electrons. The van der Waals surface area contributed by atoms with Crippen LogP contribution in [-0.2, 0) is 6.42 Å². The molecule has 1 aromatic carbocycles. The normalized spacial score (nSPS) is 30.4. The van der Waals surface area contributed by atoms with Gasteiger partial charge in [-0.05, 0) is 64.1 Å². The molecule has 0 spiro atoms. The van der Waals surface area contributed by atoms with Crippen molar-refractivity contribution in [3.63, 3.8) is 0 Å². The maximum atomic E-state index is 6.47. The number of aryl methyl sites for hydroxylation is 1. The summed E-state index contributed by atoms with van der Waals surface area (Å²) in [6, 6.07) is 11.4. The Bertz CT molecular complexity index is 560. The zero-order valence-corrected chi connectivity index (χ0v) is 11.1. The summed E-state index contributed by atoms with van der Waals surface area (Å²) in [6.45, 7) is 0. The topological polar surface area (TPSA) is 26.0 Å². The Morgan fingerprint density at radius 3 is 2.94 bits per heavy atom. The van der Waals surface area contributed by atoms with E-state index in [2.05, 4.69) is 41.1 Å². The van der Waals surface area contributed by atoms with Crippen molar-refractivity contribution in [2.75, 3.05) is 0 Å². The summed E-state index contributed by atoms with van der Waals surface area (Å²) in [5.41, 5.74) is 10.9. The third-order valence-corrected chi connectivity index (χ3v) is 5.43. The zero-order chi connectivity index (χ0) is 12.1. The van der Waals surface area contributed by atoms with Crippen LogP contribution < -0.4 is 5.73 Å². The summed E-state index contributed by atoms with van der Waals surface area (Å²) < 4.78 is 0. The van der Waals surface area contributed by atoms with Crippen molar-refractivity contribution >= 4 is 11.3 Å². The summed E-state index contributed by atoms with van der Waals surface area (Å²) in [4.78, 5) is 0. The van der Waals surface area contributed by atoms with E-state index in [1.54, 1.807) is 22.5 Å². The molecule has 1 heterocycles. The summed E-state index contributed by atoms with van der Waals surface area (Å²) in [6.07, 6.45) is 2.56. The molecule has 1 saturated carbocycles. The van der Waals surface area contributed by atoms with Crippen molar-refractivity contribution in [3.05, 3.63) is 57.8 Å². The van der Waals surface area contributed by atoms with E-state index in [0.29, 0.717) is 5.92 Å². The number of fused-ring (bicyclic) bond motifs is 3. The Morgan fingerprint density at radius 1 is 1.22 bits per heavy atom. The molecular weight excluding hydrogens is 238 g/mol. The second-order valence-corrected chi connectivity index (χ2v) is 6.37. The van der Waals surface area contributed by atoms with Crippen LogP contribution in [0, 0.1) is 11.8 Å². The Kier molecular flexibility index (Phi) is 2.36. The van der Waals surface area contributed by atoms with E-state index in [9.17, 15) is 0 Å². The van der Waals surface area contributed by atoms with E-state index in [-0.39, 0.29) is 6.04 Å². The smallest absolute Gasteiger partial charge is 0.0340 e. The molecule has 2 aliphatic rings. The van der Waals surface area contributed by atoms with Gasteiger partial charge < -0.3 is 5.73 Å². The maximum absolute atomic E-state index is 6.47. The van der Waals surface area contributed by atoms with Gasteiger partial charge in [0.1, 0.15) is 0 Å². The highest BCUT2D eigenvalue weighted by atomic mass is 32.1. The van der Waals surface area contributed by atoms with Crippen molar-refractivity contribution in [3.8, 4) is 0 Å². The molecule has 0 bridgehead atoms. The van der Waals surface area contributed by atoms with Crippen molar-refractivity contribution in [2.45, 2.75) is 24.8 Å². The lowest BCUT2D eigenvalue weighted by Gasteiger charge is -2.13. The van der Waals surface area contributed by atoms with Crippen LogP contribution >= 0.6 is 11.3 Å². The molecule has 4 rings (SSSR count). The Labute approximate surface area is 112 Å². The average Bonchev–Trinajstić information content (AvgIpc) is 2.89. The highest BCUT2D eigenvalue weighted by Crippen LogP contribution is 2.63. The van der Waals surface area contributed by atoms with Gasteiger partial charge in [-0.1, -0.05) is 24.3 Å². The second-order valence-electron chi connectivity index (χ2n) is 5.59. The van der Waals surface area contributed by atoms with Gasteiger partial charge in [0.2, 0.25) is 0 Å². The minimum atomic E-state index is 0.234. The number of hydrogen-bond donors (Lipinski definition) is 1. The molecule has 1 aromatic heterocycles. The average molecular weight is 255 g/mol. The standard InChI is InChI=1S/C16H17NS/c17-16(11-7-8-18-9-11)15-13-6-5-10-3-1-2-4-12(10)14(13)15/h1-4,7-9,13-16H,5-6,17H2. The fraction of sp³-hybridized carbons (Fsp3) is 0.375. The van der Waals surface area contributed by atoms with Gasteiger partial charge in [0, 0.05) is 6.04 Å². The van der Waals surface area contributed by atoms with Crippen LogP contribution in [0.3, 0.4) is 0 Å². The molecule has 2 aliphatic carbocycles. The fourth-order valence-electron chi connectivity index (χ4n) is 3.80. The van der Waals surface area contributed by atoms with E-state index in [0.717, 1.165) is 11.8 Å². The fourth-order valence-corrected chi connectivity index (χ4v) is 4.50. The van der Waals surface area contributed by atoms with E-state index in [1.165, 1.54) is 18.4 Å². The Morgan fingerprint density at radius 2 is 2.11 bits per heavy atom. The summed E-state index contributed by atoms with van der Waals surface area (Å²) in [7, 11) is 0. The van der Waals surface area contributed by atoms with Crippen molar-refractivity contribution < 1.29 is 0 Å². The van der Waals surface area contributed by atoms with Crippen LogP contribution in [-0.4, -0.2) is 0 Å². The molecule has 2 aromatic rings. The van der Waals surface area contributed by atoms with Crippen molar-refractivity contribution in [1.29, 1.82) is 0 Å². The molecule has 0 amide bonds. The van der Waals surface area contributed by atoms with E-state index < -0.39 is 0 Å². The summed E-state index contributed by atoms with van der Waals surface area (Å²) in [5, 5.41) is 4.34. The van der Waals surface area contributed by atoms with Crippen LogP contribution in [0.2, 0.25) is 0 Å². The molecule has 1 fully saturated rings. The highest BCUT2D eigenvalue weighted by molar-refractivity contribution is 7.07. The number of nitrogens with two attached hydrogens (primary N) is 1. The van der Waals surface area contributed by atoms with Gasteiger partial charge in [-0.15, -0.1) is 0 Å². The predicted octanol–water partition coefficient (Wildman–Crippen LogP) is 3.72. The van der Waals surface area contributed by atoms with Gasteiger partial charge in [0.15, 0.2) is 0 Å². The summed E-state index contributed by atoms with van der Waals surface area (Å²) in [5.74, 6) is 2.22. The molecule has 4 unspecified atom stereocenters. The van der Waals surface area contributed by atoms with Crippen LogP contribution in [0.4, 0.5) is 0 Å². The summed E-state index contributed by atoms with van der Waals surface area (Å²) >= 11 is 1.75. The molecule has 1 nitrogen and oxygen atoms in total. The third kappa shape index (κ3) is 1.49. The third-order valence-electron chi connectivity index (χ3n) is 4.73. The van der Waals surface area contributed by atoms with E-state index in [1.807, 2.05) is 0 Å². The number of thiophene rings is 1. The Balaban J connectivity index is 1.65. The van der Waals surface area contributed by atoms with Gasteiger partial charge >= 0.3 is 0 Å². The number of benzene rings is 1. The lowest BCUT2D eigenvalue weighted by atomic mass is 9.92. The van der Waals surface area contributed by atoms with Crippen LogP contribution in [0.5, 0.6) is 0 Å². The monoisotopic (exact) mass is 255 g/mol. The largest absolute Gasteiger partial charge is 0.324 e. The van der Waals surface area contributed by atoms with Crippen molar-refractivity contribution in [2.24, 2.45) is 17.6 Å². The van der Waals surface area contributed by atoms with Crippen LogP contribution in [0.1, 0.15) is 35.1 Å². The van der Waals surface area contributed by atoms with Gasteiger partial charge in [-0.2, -0.15) is 11.3 Å². The van der Waals surface area contributed by atoms with Crippen LogP contribution in [0.15, 0.2) is 41.1 Å². The van der Waals surface area contributed by atoms with Gasteiger partial charge in [-0.25, -0.2) is 0 Å². The quantitative estimate of drug-likeness (QED) is 0.869. The SMILES string of the molecule is NC(c1ccsc1)C1C2CCc3ccccc3C21. The molecule has 0 aliphatic heterocycles. The molecule has 2 N–H and O–H groups in total. The number of rotatable bonds is 2. The van der Waals surface area contributed by atoms with E-state index in [4.69, 9.17) is 5.73 Å². The first-order valence-corrected chi connectivity index (χ1v) is 7.66. The minimum absolute atomic E-state index is 0.234. The zero-order valence-electron chi connectivity index (χ0n) is 10.3. The van der Waals surface area contributed by atoms with Gasteiger partial charge in [0.25, 0.3) is 0 Å². The molecule has 0 saturated heterocycles. The lowest BCUT2D eigenvalue weighted by Crippen LogP contribution is -2.13. The molecule has 18 heavy (non-hydrogen) atoms. The molecule has 2 heteroatoms. The number of hydrogen-bond acceptors (Lipinski definition) is 2. The first-order valence-electron chi connectivity index (χ1n) is 6.72.